The summed E-state index contributed by atoms with van der Waals surface area (Å²) >= 11 is 0. The molecule has 0 amide bonds. The molecule has 6 rings (SSSR count). The molecule has 170 valence electrons. The van der Waals surface area contributed by atoms with Crippen molar-refractivity contribution >= 4 is 0 Å². The molecule has 34 heavy (non-hydrogen) atoms. The molecule has 0 spiro atoms. The van der Waals surface area contributed by atoms with Crippen LogP contribution in [-0.4, -0.2) is 0 Å². The lowest BCUT2D eigenvalue weighted by atomic mass is 9.61. The first-order valence-corrected chi connectivity index (χ1v) is 13.0. The van der Waals surface area contributed by atoms with E-state index in [-0.39, 0.29) is 16.2 Å². The van der Waals surface area contributed by atoms with Gasteiger partial charge in [-0.2, -0.15) is 0 Å². The van der Waals surface area contributed by atoms with Gasteiger partial charge in [-0.25, -0.2) is 0 Å². The number of rotatable bonds is 6. The first-order valence-electron chi connectivity index (χ1n) is 13.0. The van der Waals surface area contributed by atoms with Gasteiger partial charge in [0, 0.05) is 16.2 Å². The Morgan fingerprint density at radius 1 is 0.588 bits per heavy atom. The van der Waals surface area contributed by atoms with Crippen LogP contribution in [-0.2, 0) is 22.7 Å². The van der Waals surface area contributed by atoms with Crippen molar-refractivity contribution < 1.29 is 0 Å². The van der Waals surface area contributed by atoms with Crippen molar-refractivity contribution in [1.82, 2.24) is 0 Å². The van der Waals surface area contributed by atoms with Crippen LogP contribution in [0.15, 0.2) is 103 Å². The maximum atomic E-state index is 2.58. The van der Waals surface area contributed by atoms with Gasteiger partial charge in [-0.3, -0.25) is 0 Å². The average Bonchev–Trinajstić information content (AvgIpc) is 3.68. The van der Waals surface area contributed by atoms with E-state index in [1.165, 1.54) is 27.8 Å². The van der Waals surface area contributed by atoms with Crippen molar-refractivity contribution in [3.63, 3.8) is 0 Å². The third kappa shape index (κ3) is 2.78. The second kappa shape index (κ2) is 7.70. The summed E-state index contributed by atoms with van der Waals surface area (Å²) in [7, 11) is 0. The Bertz CT molecular complexity index is 1300. The lowest BCUT2D eigenvalue weighted by Crippen LogP contribution is -2.34. The summed E-state index contributed by atoms with van der Waals surface area (Å²) in [6, 6.07) is 11.6. The third-order valence-corrected chi connectivity index (χ3v) is 8.99. The van der Waals surface area contributed by atoms with Crippen LogP contribution >= 0.6 is 0 Å². The van der Waals surface area contributed by atoms with Gasteiger partial charge in [0.25, 0.3) is 0 Å². The van der Waals surface area contributed by atoms with Crippen LogP contribution in [0.2, 0.25) is 0 Å². The van der Waals surface area contributed by atoms with E-state index in [1.807, 2.05) is 0 Å². The molecule has 0 unspecified atom stereocenters. The van der Waals surface area contributed by atoms with Crippen molar-refractivity contribution in [1.29, 1.82) is 0 Å². The predicted molar refractivity (Wildman–Crippen MR) is 145 cm³/mol. The summed E-state index contributed by atoms with van der Waals surface area (Å²) in [5, 5.41) is 0. The maximum absolute atomic E-state index is 2.58. The van der Waals surface area contributed by atoms with Gasteiger partial charge < -0.3 is 0 Å². The standard InChI is InChI=1S/C34H34/c1-4-32(17-9-10-18-32)29-24-27-26-16-8-7-15-25(26)23-28(27)30(33(5-2)19-11-12-20-33)31(29)34(6-3)21-13-14-22-34/h7-22,24H,4-6,23H2,1-3H3. The van der Waals surface area contributed by atoms with Crippen LogP contribution in [0.1, 0.15) is 67.9 Å². The fraction of sp³-hybridized carbons (Fsp3) is 0.294. The summed E-state index contributed by atoms with van der Waals surface area (Å²) < 4.78 is 0. The third-order valence-electron chi connectivity index (χ3n) is 8.99. The van der Waals surface area contributed by atoms with Gasteiger partial charge in [0.05, 0.1) is 0 Å². The molecule has 0 atom stereocenters. The second-order valence-corrected chi connectivity index (χ2v) is 10.4. The molecule has 0 heteroatoms. The van der Waals surface area contributed by atoms with Gasteiger partial charge >= 0.3 is 0 Å². The SMILES string of the molecule is CCC1(c2cc3c(c(C4(CC)C=CC=C4)c2C2(CC)C=CC=C2)Cc2ccccc2-3)C=CC=C1. The molecule has 0 saturated heterocycles. The van der Waals surface area contributed by atoms with Gasteiger partial charge in [0.15, 0.2) is 0 Å². The molecule has 0 heterocycles. The topological polar surface area (TPSA) is 0 Å². The van der Waals surface area contributed by atoms with Gasteiger partial charge in [-0.15, -0.1) is 0 Å². The van der Waals surface area contributed by atoms with E-state index in [0.29, 0.717) is 0 Å². The summed E-state index contributed by atoms with van der Waals surface area (Å²) in [6.07, 6.45) is 32.5. The Kier molecular flexibility index (Phi) is 4.85. The monoisotopic (exact) mass is 442 g/mol. The summed E-state index contributed by atoms with van der Waals surface area (Å²) in [6.45, 7) is 7.05. The molecular weight excluding hydrogens is 408 g/mol. The second-order valence-electron chi connectivity index (χ2n) is 10.4. The van der Waals surface area contributed by atoms with Crippen LogP contribution in [0.5, 0.6) is 0 Å². The van der Waals surface area contributed by atoms with Crippen LogP contribution in [0.25, 0.3) is 11.1 Å². The number of hydrogen-bond donors (Lipinski definition) is 0. The highest BCUT2D eigenvalue weighted by molar-refractivity contribution is 5.82. The number of fused-ring (bicyclic) bond motifs is 3. The average molecular weight is 443 g/mol. The predicted octanol–water partition coefficient (Wildman–Crippen LogP) is 8.58. The van der Waals surface area contributed by atoms with E-state index < -0.39 is 0 Å². The fourth-order valence-corrected chi connectivity index (χ4v) is 6.93. The fourth-order valence-electron chi connectivity index (χ4n) is 6.93. The van der Waals surface area contributed by atoms with Crippen LogP contribution in [0.3, 0.4) is 0 Å². The van der Waals surface area contributed by atoms with Crippen LogP contribution < -0.4 is 0 Å². The lowest BCUT2D eigenvalue weighted by Gasteiger charge is -2.41. The molecule has 4 aliphatic carbocycles. The van der Waals surface area contributed by atoms with E-state index >= 15 is 0 Å². The Balaban J connectivity index is 1.80. The molecule has 0 nitrogen and oxygen atoms in total. The molecule has 0 saturated carbocycles. The Morgan fingerprint density at radius 2 is 1.09 bits per heavy atom. The molecule has 0 bridgehead atoms. The molecule has 0 fully saturated rings. The maximum Gasteiger partial charge on any atom is 0.0322 e. The summed E-state index contributed by atoms with van der Waals surface area (Å²) in [5.74, 6) is 0. The Morgan fingerprint density at radius 3 is 1.65 bits per heavy atom. The molecule has 2 aromatic carbocycles. The highest BCUT2D eigenvalue weighted by Crippen LogP contribution is 2.55. The minimum Gasteiger partial charge on any atom is -0.0702 e. The zero-order valence-corrected chi connectivity index (χ0v) is 20.6. The van der Waals surface area contributed by atoms with Crippen molar-refractivity contribution in [2.24, 2.45) is 0 Å². The van der Waals surface area contributed by atoms with Gasteiger partial charge in [-0.1, -0.05) is 118 Å². The van der Waals surface area contributed by atoms with Crippen molar-refractivity contribution in [3.05, 3.63) is 131 Å². The summed E-state index contributed by atoms with van der Waals surface area (Å²) in [4.78, 5) is 0. The molecule has 0 aromatic heterocycles. The van der Waals surface area contributed by atoms with Crippen LogP contribution in [0.4, 0.5) is 0 Å². The first-order chi connectivity index (χ1) is 16.6. The minimum absolute atomic E-state index is 0.0646. The van der Waals surface area contributed by atoms with Gasteiger partial charge in [-0.05, 0) is 70.7 Å². The van der Waals surface area contributed by atoms with Crippen molar-refractivity contribution in [2.45, 2.75) is 62.7 Å². The van der Waals surface area contributed by atoms with E-state index in [1.54, 1.807) is 11.1 Å². The lowest BCUT2D eigenvalue weighted by molar-refractivity contribution is 0.558. The van der Waals surface area contributed by atoms with Crippen molar-refractivity contribution in [2.75, 3.05) is 0 Å². The highest BCUT2D eigenvalue weighted by atomic mass is 14.5. The largest absolute Gasteiger partial charge is 0.0702 e. The molecule has 0 N–H and O–H groups in total. The minimum atomic E-state index is -0.0760. The zero-order valence-electron chi connectivity index (χ0n) is 20.6. The van der Waals surface area contributed by atoms with Crippen molar-refractivity contribution in [3.8, 4) is 11.1 Å². The highest BCUT2D eigenvalue weighted by Gasteiger charge is 2.45. The number of allylic oxidation sites excluding steroid dienone is 12. The smallest absolute Gasteiger partial charge is 0.0322 e. The Labute approximate surface area is 204 Å². The first kappa shape index (κ1) is 21.4. The summed E-state index contributed by atoms with van der Waals surface area (Å²) in [5.41, 5.74) is 10.3. The molecule has 2 aromatic rings. The number of hydrogen-bond acceptors (Lipinski definition) is 0. The molecular formula is C34H34. The van der Waals surface area contributed by atoms with E-state index in [2.05, 4.69) is 124 Å². The molecule has 0 aliphatic heterocycles. The molecule has 0 radical (unpaired) electrons. The Hall–Kier alpha value is -3.12. The molecule has 4 aliphatic rings. The number of benzene rings is 2. The normalized spacial score (nSPS) is 21.0. The van der Waals surface area contributed by atoms with E-state index in [0.717, 1.165) is 25.7 Å². The zero-order chi connectivity index (χ0) is 23.4. The van der Waals surface area contributed by atoms with Gasteiger partial charge in [0.2, 0.25) is 0 Å². The van der Waals surface area contributed by atoms with Gasteiger partial charge in [0.1, 0.15) is 0 Å². The quantitative estimate of drug-likeness (QED) is 0.358. The van der Waals surface area contributed by atoms with E-state index in [9.17, 15) is 0 Å². The van der Waals surface area contributed by atoms with E-state index in [4.69, 9.17) is 0 Å². The van der Waals surface area contributed by atoms with Crippen LogP contribution in [0, 0.1) is 0 Å².